The van der Waals surface area contributed by atoms with E-state index in [4.69, 9.17) is 4.74 Å². The molecule has 5 heteroatoms. The van der Waals surface area contributed by atoms with Crippen LogP contribution in [0.1, 0.15) is 26.6 Å². The number of rotatable bonds is 4. The van der Waals surface area contributed by atoms with E-state index in [1.54, 1.807) is 0 Å². The lowest BCUT2D eigenvalue weighted by Gasteiger charge is -2.26. The van der Waals surface area contributed by atoms with Crippen LogP contribution in [-0.4, -0.2) is 53.5 Å². The number of nitrogens with zero attached hydrogens (tertiary/aromatic N) is 3. The number of aromatic nitrogens is 2. The first-order valence-electron chi connectivity index (χ1n) is 6.82. The maximum Gasteiger partial charge on any atom is 0.134 e. The number of morpholine rings is 1. The van der Waals surface area contributed by atoms with E-state index in [0.717, 1.165) is 49.5 Å². The fraction of sp³-hybridized carbons (Fsp3) is 0.714. The van der Waals surface area contributed by atoms with Crippen LogP contribution < -0.4 is 0 Å². The van der Waals surface area contributed by atoms with E-state index in [-0.39, 0.29) is 5.41 Å². The van der Waals surface area contributed by atoms with Gasteiger partial charge in [-0.1, -0.05) is 20.8 Å². The van der Waals surface area contributed by atoms with E-state index in [1.807, 2.05) is 24.0 Å². The minimum Gasteiger partial charge on any atom is -0.379 e. The molecule has 0 spiro atoms. The van der Waals surface area contributed by atoms with E-state index >= 15 is 0 Å². The van der Waals surface area contributed by atoms with Crippen LogP contribution in [0.25, 0.3) is 0 Å². The standard InChI is InChI=1S/C14H23N3OS/c1-14(2,3)13-15-5-4-12(16-13)19-11-8-17-6-9-18-10-7-17/h4-5H,6-11H2,1-3H3. The van der Waals surface area contributed by atoms with Crippen LogP contribution in [0, 0.1) is 0 Å². The summed E-state index contributed by atoms with van der Waals surface area (Å²) in [5.74, 6) is 1.99. The van der Waals surface area contributed by atoms with Crippen molar-refractivity contribution in [1.82, 2.24) is 14.9 Å². The molecule has 1 fully saturated rings. The van der Waals surface area contributed by atoms with Gasteiger partial charge in [-0.15, -0.1) is 11.8 Å². The van der Waals surface area contributed by atoms with Crippen molar-refractivity contribution in [2.24, 2.45) is 0 Å². The Bertz CT molecular complexity index is 400. The highest BCUT2D eigenvalue weighted by Crippen LogP contribution is 2.21. The lowest BCUT2D eigenvalue weighted by atomic mass is 9.96. The van der Waals surface area contributed by atoms with Gasteiger partial charge < -0.3 is 4.74 Å². The van der Waals surface area contributed by atoms with Crippen molar-refractivity contribution in [3.05, 3.63) is 18.1 Å². The predicted octanol–water partition coefficient (Wildman–Crippen LogP) is 2.20. The second-order valence-electron chi connectivity index (χ2n) is 5.77. The number of hydrogen-bond acceptors (Lipinski definition) is 5. The summed E-state index contributed by atoms with van der Waals surface area (Å²) in [5, 5.41) is 1.08. The highest BCUT2D eigenvalue weighted by atomic mass is 32.2. The molecule has 0 aliphatic carbocycles. The Balaban J connectivity index is 1.82. The third-order valence-electron chi connectivity index (χ3n) is 3.06. The third kappa shape index (κ3) is 4.75. The average Bonchev–Trinajstić information content (AvgIpc) is 2.39. The Morgan fingerprint density at radius 2 is 2.05 bits per heavy atom. The molecule has 0 radical (unpaired) electrons. The van der Waals surface area contributed by atoms with Crippen LogP contribution in [0.3, 0.4) is 0 Å². The van der Waals surface area contributed by atoms with Gasteiger partial charge in [0.05, 0.1) is 18.2 Å². The van der Waals surface area contributed by atoms with Gasteiger partial charge >= 0.3 is 0 Å². The van der Waals surface area contributed by atoms with E-state index in [9.17, 15) is 0 Å². The third-order valence-corrected chi connectivity index (χ3v) is 3.97. The summed E-state index contributed by atoms with van der Waals surface area (Å²) in [6, 6.07) is 2.00. The van der Waals surface area contributed by atoms with E-state index in [0.29, 0.717) is 0 Å². The quantitative estimate of drug-likeness (QED) is 0.625. The highest BCUT2D eigenvalue weighted by Gasteiger charge is 2.17. The fourth-order valence-electron chi connectivity index (χ4n) is 1.89. The molecule has 1 aliphatic heterocycles. The fourth-order valence-corrected chi connectivity index (χ4v) is 2.75. The van der Waals surface area contributed by atoms with Crippen LogP contribution in [0.4, 0.5) is 0 Å². The monoisotopic (exact) mass is 281 g/mol. The average molecular weight is 281 g/mol. The van der Waals surface area contributed by atoms with Crippen molar-refractivity contribution in [3.63, 3.8) is 0 Å². The molecule has 0 unspecified atom stereocenters. The van der Waals surface area contributed by atoms with Gasteiger partial charge in [0.15, 0.2) is 0 Å². The highest BCUT2D eigenvalue weighted by molar-refractivity contribution is 7.99. The molecule has 19 heavy (non-hydrogen) atoms. The van der Waals surface area contributed by atoms with Gasteiger partial charge in [0.2, 0.25) is 0 Å². The molecule has 0 N–H and O–H groups in total. The first-order valence-corrected chi connectivity index (χ1v) is 7.81. The SMILES string of the molecule is CC(C)(C)c1nccc(SCCN2CCOCC2)n1. The number of hydrogen-bond donors (Lipinski definition) is 0. The van der Waals surface area contributed by atoms with Gasteiger partial charge in [-0.05, 0) is 6.07 Å². The van der Waals surface area contributed by atoms with Gasteiger partial charge in [0.25, 0.3) is 0 Å². The van der Waals surface area contributed by atoms with E-state index in [1.165, 1.54) is 0 Å². The summed E-state index contributed by atoms with van der Waals surface area (Å²) in [7, 11) is 0. The Kier molecular flexibility index (Phi) is 5.19. The van der Waals surface area contributed by atoms with Crippen molar-refractivity contribution >= 4 is 11.8 Å². The second-order valence-corrected chi connectivity index (χ2v) is 6.89. The van der Waals surface area contributed by atoms with Crippen LogP contribution in [0.2, 0.25) is 0 Å². The summed E-state index contributed by atoms with van der Waals surface area (Å²) in [4.78, 5) is 11.4. The molecular formula is C14H23N3OS. The Hall–Kier alpha value is -0.650. The topological polar surface area (TPSA) is 38.2 Å². The summed E-state index contributed by atoms with van der Waals surface area (Å²) in [5.41, 5.74) is 0.0147. The lowest BCUT2D eigenvalue weighted by molar-refractivity contribution is 0.0410. The van der Waals surface area contributed by atoms with Gasteiger partial charge in [0, 0.05) is 37.0 Å². The van der Waals surface area contributed by atoms with Crippen molar-refractivity contribution in [2.45, 2.75) is 31.2 Å². The molecule has 1 saturated heterocycles. The normalized spacial score (nSPS) is 17.6. The smallest absolute Gasteiger partial charge is 0.134 e. The molecule has 4 nitrogen and oxygen atoms in total. The molecule has 2 heterocycles. The van der Waals surface area contributed by atoms with Gasteiger partial charge in [0.1, 0.15) is 5.82 Å². The number of ether oxygens (including phenoxy) is 1. The maximum atomic E-state index is 5.35. The first-order chi connectivity index (χ1) is 9.05. The molecule has 1 aliphatic rings. The molecule has 0 aromatic carbocycles. The Morgan fingerprint density at radius 1 is 1.32 bits per heavy atom. The van der Waals surface area contributed by atoms with Crippen molar-refractivity contribution in [3.8, 4) is 0 Å². The van der Waals surface area contributed by atoms with Crippen molar-refractivity contribution in [1.29, 1.82) is 0 Å². The molecule has 106 valence electrons. The van der Waals surface area contributed by atoms with Gasteiger partial charge in [-0.25, -0.2) is 9.97 Å². The molecular weight excluding hydrogens is 258 g/mol. The molecule has 1 aromatic rings. The molecule has 0 bridgehead atoms. The molecule has 1 aromatic heterocycles. The van der Waals surface area contributed by atoms with Crippen molar-refractivity contribution < 1.29 is 4.74 Å². The Labute approximate surface area is 120 Å². The Morgan fingerprint density at radius 3 is 2.74 bits per heavy atom. The molecule has 0 amide bonds. The minimum absolute atomic E-state index is 0.0147. The van der Waals surface area contributed by atoms with Crippen LogP contribution in [0.5, 0.6) is 0 Å². The first kappa shape index (κ1) is 14.8. The zero-order chi connectivity index (χ0) is 13.7. The zero-order valence-electron chi connectivity index (χ0n) is 12.1. The zero-order valence-corrected chi connectivity index (χ0v) is 12.9. The molecule has 0 atom stereocenters. The van der Waals surface area contributed by atoms with E-state index in [2.05, 4.69) is 35.6 Å². The number of thioether (sulfide) groups is 1. The van der Waals surface area contributed by atoms with Crippen LogP contribution in [0.15, 0.2) is 17.3 Å². The second kappa shape index (κ2) is 6.68. The van der Waals surface area contributed by atoms with Crippen LogP contribution >= 0.6 is 11.8 Å². The van der Waals surface area contributed by atoms with Gasteiger partial charge in [-0.3, -0.25) is 4.90 Å². The predicted molar refractivity (Wildman–Crippen MR) is 78.7 cm³/mol. The summed E-state index contributed by atoms with van der Waals surface area (Å²) < 4.78 is 5.35. The summed E-state index contributed by atoms with van der Waals surface area (Å²) in [6.07, 6.45) is 1.87. The lowest BCUT2D eigenvalue weighted by Crippen LogP contribution is -2.37. The minimum atomic E-state index is 0.0147. The molecule has 2 rings (SSSR count). The van der Waals surface area contributed by atoms with Gasteiger partial charge in [-0.2, -0.15) is 0 Å². The molecule has 0 saturated carbocycles. The van der Waals surface area contributed by atoms with E-state index < -0.39 is 0 Å². The summed E-state index contributed by atoms with van der Waals surface area (Å²) >= 11 is 1.81. The van der Waals surface area contributed by atoms with Crippen molar-refractivity contribution in [2.75, 3.05) is 38.6 Å². The maximum absolute atomic E-state index is 5.35. The van der Waals surface area contributed by atoms with Crippen LogP contribution in [-0.2, 0) is 10.2 Å². The summed E-state index contributed by atoms with van der Waals surface area (Å²) in [6.45, 7) is 11.4. The largest absolute Gasteiger partial charge is 0.379 e.